The minimum atomic E-state index is 0.660. The molecule has 118 valence electrons. The van der Waals surface area contributed by atoms with Gasteiger partial charge in [0.05, 0.1) is 4.58 Å². The lowest BCUT2D eigenvalue weighted by molar-refractivity contribution is -0.693. The molecule has 3 heteroatoms. The lowest BCUT2D eigenvalue weighted by Gasteiger charge is -2.27. The number of hydrogen-bond acceptors (Lipinski definition) is 2. The standard InChI is InChI=1S/C18H30NS2/c1-3-5-6-7-8-9-16-14-20-18(21-15-16)17-10-12-19(4-2)13-11-17/h10-13,16,18H,3-9,14-15H2,1-2H3/q+1. The molecule has 0 aliphatic carbocycles. The van der Waals surface area contributed by atoms with E-state index in [-0.39, 0.29) is 0 Å². The van der Waals surface area contributed by atoms with Gasteiger partial charge < -0.3 is 0 Å². The van der Waals surface area contributed by atoms with E-state index in [1.54, 1.807) is 0 Å². The molecule has 0 aromatic carbocycles. The first kappa shape index (κ1) is 17.2. The van der Waals surface area contributed by atoms with Gasteiger partial charge in [-0.15, -0.1) is 23.5 Å². The van der Waals surface area contributed by atoms with Crippen molar-refractivity contribution in [3.8, 4) is 0 Å². The summed E-state index contributed by atoms with van der Waals surface area (Å²) in [6.07, 6.45) is 13.0. The van der Waals surface area contributed by atoms with E-state index in [1.807, 2.05) is 0 Å². The number of pyridine rings is 1. The minimum absolute atomic E-state index is 0.660. The SMILES string of the molecule is CCCCCCCC1CSC(c2cc[n+](CC)cc2)SC1. The number of rotatable bonds is 8. The van der Waals surface area contributed by atoms with Gasteiger partial charge in [0.1, 0.15) is 6.54 Å². The van der Waals surface area contributed by atoms with Crippen LogP contribution in [0.2, 0.25) is 0 Å². The third-order valence-electron chi connectivity index (χ3n) is 4.24. The summed E-state index contributed by atoms with van der Waals surface area (Å²) in [7, 11) is 0. The van der Waals surface area contributed by atoms with Crippen LogP contribution in [0.15, 0.2) is 24.5 Å². The number of thioether (sulfide) groups is 2. The molecule has 1 saturated heterocycles. The van der Waals surface area contributed by atoms with Gasteiger partial charge in [0.25, 0.3) is 0 Å². The van der Waals surface area contributed by atoms with E-state index in [4.69, 9.17) is 0 Å². The van der Waals surface area contributed by atoms with Gasteiger partial charge in [-0.3, -0.25) is 0 Å². The van der Waals surface area contributed by atoms with Crippen molar-refractivity contribution in [2.75, 3.05) is 11.5 Å². The predicted octanol–water partition coefficient (Wildman–Crippen LogP) is 5.45. The van der Waals surface area contributed by atoms with Crippen LogP contribution >= 0.6 is 23.5 Å². The van der Waals surface area contributed by atoms with Crippen molar-refractivity contribution in [2.45, 2.75) is 63.5 Å². The van der Waals surface area contributed by atoms with Gasteiger partial charge in [-0.25, -0.2) is 4.57 Å². The molecule has 2 rings (SSSR count). The van der Waals surface area contributed by atoms with Crippen molar-refractivity contribution < 1.29 is 4.57 Å². The molecular weight excluding hydrogens is 294 g/mol. The maximum atomic E-state index is 2.30. The number of aryl methyl sites for hydroxylation is 1. The van der Waals surface area contributed by atoms with Crippen LogP contribution in [0.4, 0.5) is 0 Å². The van der Waals surface area contributed by atoms with Gasteiger partial charge in [-0.2, -0.15) is 0 Å². The van der Waals surface area contributed by atoms with Crippen molar-refractivity contribution in [2.24, 2.45) is 5.92 Å². The Labute approximate surface area is 139 Å². The second-order valence-electron chi connectivity index (χ2n) is 6.03. The largest absolute Gasteiger partial charge is 0.205 e. The number of unbranched alkanes of at least 4 members (excludes halogenated alkanes) is 4. The lowest BCUT2D eigenvalue weighted by Crippen LogP contribution is -2.30. The Morgan fingerprint density at radius 1 is 1.00 bits per heavy atom. The Morgan fingerprint density at radius 2 is 1.67 bits per heavy atom. The summed E-state index contributed by atoms with van der Waals surface area (Å²) < 4.78 is 2.90. The van der Waals surface area contributed by atoms with E-state index in [1.165, 1.54) is 55.6 Å². The molecule has 1 fully saturated rings. The molecule has 0 N–H and O–H groups in total. The maximum Gasteiger partial charge on any atom is 0.169 e. The molecule has 0 bridgehead atoms. The Hall–Kier alpha value is -0.150. The molecule has 0 atom stereocenters. The summed E-state index contributed by atoms with van der Waals surface area (Å²) >= 11 is 4.32. The fraction of sp³-hybridized carbons (Fsp3) is 0.722. The molecular formula is C18H30NS2+. The van der Waals surface area contributed by atoms with Crippen molar-refractivity contribution in [1.29, 1.82) is 0 Å². The molecule has 0 amide bonds. The highest BCUT2D eigenvalue weighted by molar-refractivity contribution is 8.16. The molecule has 2 heterocycles. The summed E-state index contributed by atoms with van der Waals surface area (Å²) in [6, 6.07) is 4.61. The first-order valence-electron chi connectivity index (χ1n) is 8.55. The smallest absolute Gasteiger partial charge is 0.169 e. The quantitative estimate of drug-likeness (QED) is 0.462. The van der Waals surface area contributed by atoms with E-state index < -0.39 is 0 Å². The van der Waals surface area contributed by atoms with E-state index >= 15 is 0 Å². The van der Waals surface area contributed by atoms with Crippen LogP contribution in [0.1, 0.15) is 62.5 Å². The zero-order valence-electron chi connectivity index (χ0n) is 13.6. The Bertz CT molecular complexity index is 383. The lowest BCUT2D eigenvalue weighted by atomic mass is 10.0. The summed E-state index contributed by atoms with van der Waals surface area (Å²) in [4.78, 5) is 0. The highest BCUT2D eigenvalue weighted by atomic mass is 32.2. The van der Waals surface area contributed by atoms with Crippen molar-refractivity contribution in [3.63, 3.8) is 0 Å². The second-order valence-corrected chi connectivity index (χ2v) is 8.60. The maximum absolute atomic E-state index is 2.30. The van der Waals surface area contributed by atoms with Crippen LogP contribution < -0.4 is 4.57 Å². The normalized spacial score (nSPS) is 22.4. The predicted molar refractivity (Wildman–Crippen MR) is 96.8 cm³/mol. The molecule has 1 aliphatic rings. The van der Waals surface area contributed by atoms with E-state index in [0.29, 0.717) is 4.58 Å². The van der Waals surface area contributed by atoms with Gasteiger partial charge in [0.15, 0.2) is 12.4 Å². The van der Waals surface area contributed by atoms with Crippen LogP contribution in [0.3, 0.4) is 0 Å². The number of hydrogen-bond donors (Lipinski definition) is 0. The van der Waals surface area contributed by atoms with Crippen molar-refractivity contribution in [3.05, 3.63) is 30.1 Å². The van der Waals surface area contributed by atoms with Crippen LogP contribution in [-0.4, -0.2) is 11.5 Å². The second kappa shape index (κ2) is 9.78. The van der Waals surface area contributed by atoms with E-state index in [0.717, 1.165) is 12.5 Å². The average molecular weight is 325 g/mol. The van der Waals surface area contributed by atoms with Crippen LogP contribution in [0, 0.1) is 5.92 Å². The van der Waals surface area contributed by atoms with Crippen molar-refractivity contribution in [1.82, 2.24) is 0 Å². The third-order valence-corrected chi connectivity index (χ3v) is 7.53. The molecule has 21 heavy (non-hydrogen) atoms. The average Bonchev–Trinajstić information content (AvgIpc) is 2.55. The summed E-state index contributed by atoms with van der Waals surface area (Å²) in [5.41, 5.74) is 1.50. The Kier molecular flexibility index (Phi) is 8.02. The fourth-order valence-corrected chi connectivity index (χ4v) is 5.94. The van der Waals surface area contributed by atoms with Gasteiger partial charge in [-0.05, 0) is 36.3 Å². The highest BCUT2D eigenvalue weighted by Gasteiger charge is 2.23. The van der Waals surface area contributed by atoms with E-state index in [2.05, 4.69) is 66.5 Å². The molecule has 1 nitrogen and oxygen atoms in total. The fourth-order valence-electron chi connectivity index (χ4n) is 2.78. The molecule has 0 unspecified atom stereocenters. The topological polar surface area (TPSA) is 3.88 Å². The monoisotopic (exact) mass is 324 g/mol. The first-order chi connectivity index (χ1) is 10.3. The summed E-state index contributed by atoms with van der Waals surface area (Å²) in [6.45, 7) is 5.54. The van der Waals surface area contributed by atoms with Gasteiger partial charge in [0, 0.05) is 12.1 Å². The Balaban J connectivity index is 1.67. The molecule has 1 aromatic heterocycles. The zero-order valence-corrected chi connectivity index (χ0v) is 15.2. The summed E-state index contributed by atoms with van der Waals surface area (Å²) in [5, 5.41) is 0. The summed E-state index contributed by atoms with van der Waals surface area (Å²) in [5.74, 6) is 3.66. The number of aromatic nitrogens is 1. The third kappa shape index (κ3) is 5.86. The van der Waals surface area contributed by atoms with Crippen LogP contribution in [0.5, 0.6) is 0 Å². The molecule has 0 radical (unpaired) electrons. The highest BCUT2D eigenvalue weighted by Crippen LogP contribution is 2.46. The van der Waals surface area contributed by atoms with Crippen LogP contribution in [0.25, 0.3) is 0 Å². The van der Waals surface area contributed by atoms with E-state index in [9.17, 15) is 0 Å². The molecule has 0 saturated carbocycles. The van der Waals surface area contributed by atoms with Crippen LogP contribution in [-0.2, 0) is 6.54 Å². The zero-order chi connectivity index (χ0) is 14.9. The number of nitrogens with zero attached hydrogens (tertiary/aromatic N) is 1. The first-order valence-corrected chi connectivity index (χ1v) is 10.7. The minimum Gasteiger partial charge on any atom is -0.205 e. The Morgan fingerprint density at radius 3 is 2.29 bits per heavy atom. The van der Waals surface area contributed by atoms with Gasteiger partial charge >= 0.3 is 0 Å². The van der Waals surface area contributed by atoms with Crippen molar-refractivity contribution >= 4 is 23.5 Å². The molecule has 1 aromatic rings. The molecule has 1 aliphatic heterocycles. The van der Waals surface area contributed by atoms with Gasteiger partial charge in [0.2, 0.25) is 0 Å². The van der Waals surface area contributed by atoms with Gasteiger partial charge in [-0.1, -0.05) is 39.0 Å². The molecule has 0 spiro atoms.